The number of hydrogen-bond donors (Lipinski definition) is 3. The van der Waals surface area contributed by atoms with Crippen LogP contribution in [0.1, 0.15) is 23.6 Å². The van der Waals surface area contributed by atoms with Crippen LogP contribution < -0.4 is 25.6 Å². The molecule has 2 aliphatic heterocycles. The van der Waals surface area contributed by atoms with Gasteiger partial charge >= 0.3 is 0 Å². The summed E-state index contributed by atoms with van der Waals surface area (Å²) in [4.78, 5) is 12.2. The summed E-state index contributed by atoms with van der Waals surface area (Å²) in [5.74, 6) is 1.26. The predicted molar refractivity (Wildman–Crippen MR) is 95.2 cm³/mol. The van der Waals surface area contributed by atoms with Crippen LogP contribution >= 0.6 is 0 Å². The largest absolute Gasteiger partial charge is 0.454 e. The molecular formula is C19H19N3O3. The number of nitrogens with one attached hydrogen (secondary N) is 3. The maximum Gasteiger partial charge on any atom is 0.248 e. The van der Waals surface area contributed by atoms with Gasteiger partial charge < -0.3 is 14.8 Å². The summed E-state index contributed by atoms with van der Waals surface area (Å²) in [6.45, 7) is 1.18. The molecule has 2 aromatic carbocycles. The van der Waals surface area contributed by atoms with E-state index in [1.165, 1.54) is 6.08 Å². The lowest BCUT2D eigenvalue weighted by atomic mass is 10.0. The molecule has 0 saturated carbocycles. The highest BCUT2D eigenvalue weighted by molar-refractivity contribution is 6.02. The van der Waals surface area contributed by atoms with Gasteiger partial charge in [0.1, 0.15) is 0 Å². The van der Waals surface area contributed by atoms with Gasteiger partial charge in [-0.25, -0.2) is 0 Å². The third kappa shape index (κ3) is 3.65. The van der Waals surface area contributed by atoms with Crippen LogP contribution in [0, 0.1) is 0 Å². The number of hydrazine groups is 1. The van der Waals surface area contributed by atoms with Crippen molar-refractivity contribution in [1.29, 1.82) is 0 Å². The van der Waals surface area contributed by atoms with Crippen molar-refractivity contribution in [3.8, 4) is 11.5 Å². The average molecular weight is 337 g/mol. The van der Waals surface area contributed by atoms with Gasteiger partial charge in [-0.05, 0) is 47.9 Å². The second-order valence-electron chi connectivity index (χ2n) is 5.97. The second-order valence-corrected chi connectivity index (χ2v) is 5.97. The molecule has 0 bridgehead atoms. The number of fused-ring (bicyclic) bond motifs is 1. The van der Waals surface area contributed by atoms with Gasteiger partial charge in [0.05, 0.1) is 0 Å². The van der Waals surface area contributed by atoms with Gasteiger partial charge in [-0.3, -0.25) is 15.6 Å². The predicted octanol–water partition coefficient (Wildman–Crippen LogP) is 2.61. The number of benzene rings is 2. The first-order valence-electron chi connectivity index (χ1n) is 8.25. The van der Waals surface area contributed by atoms with E-state index in [9.17, 15) is 4.79 Å². The lowest BCUT2D eigenvalue weighted by Gasteiger charge is -2.11. The molecule has 1 unspecified atom stereocenters. The molecule has 6 nitrogen and oxygen atoms in total. The van der Waals surface area contributed by atoms with Crippen LogP contribution in [0.2, 0.25) is 0 Å². The van der Waals surface area contributed by atoms with E-state index in [0.717, 1.165) is 35.5 Å². The van der Waals surface area contributed by atoms with Gasteiger partial charge in [0.2, 0.25) is 12.7 Å². The maximum absolute atomic E-state index is 12.2. The molecule has 2 aliphatic rings. The van der Waals surface area contributed by atoms with E-state index < -0.39 is 0 Å². The summed E-state index contributed by atoms with van der Waals surface area (Å²) in [6, 6.07) is 13.7. The third-order valence-corrected chi connectivity index (χ3v) is 4.21. The Bertz CT molecular complexity index is 813. The zero-order valence-electron chi connectivity index (χ0n) is 13.6. The molecule has 0 aromatic heterocycles. The average Bonchev–Trinajstić information content (AvgIpc) is 3.31. The Hall–Kier alpha value is -2.83. The fourth-order valence-electron chi connectivity index (χ4n) is 2.94. The molecule has 6 heteroatoms. The summed E-state index contributed by atoms with van der Waals surface area (Å²) in [6.07, 6.45) is 4.30. The fraction of sp³-hybridized carbons (Fsp3) is 0.211. The van der Waals surface area contributed by atoms with Crippen LogP contribution in [0.3, 0.4) is 0 Å². The molecule has 4 rings (SSSR count). The Kier molecular flexibility index (Phi) is 4.37. The summed E-state index contributed by atoms with van der Waals surface area (Å²) in [7, 11) is 0. The van der Waals surface area contributed by atoms with Gasteiger partial charge in [0, 0.05) is 24.4 Å². The summed E-state index contributed by atoms with van der Waals surface area (Å²) >= 11 is 0. The van der Waals surface area contributed by atoms with Gasteiger partial charge in [-0.1, -0.05) is 18.2 Å². The first-order valence-corrected chi connectivity index (χ1v) is 8.25. The lowest BCUT2D eigenvalue weighted by Crippen LogP contribution is -2.24. The van der Waals surface area contributed by atoms with Crippen molar-refractivity contribution in [1.82, 2.24) is 10.9 Å². The van der Waals surface area contributed by atoms with Crippen molar-refractivity contribution >= 4 is 17.7 Å². The molecular weight excluding hydrogens is 318 g/mol. The molecule has 3 N–H and O–H groups in total. The van der Waals surface area contributed by atoms with E-state index in [-0.39, 0.29) is 18.7 Å². The molecule has 1 fully saturated rings. The Balaban J connectivity index is 1.41. The number of carbonyl (C=O) groups excluding carboxylic acids is 1. The Morgan fingerprint density at radius 1 is 1.16 bits per heavy atom. The van der Waals surface area contributed by atoms with E-state index in [1.54, 1.807) is 6.08 Å². The number of carbonyl (C=O) groups is 1. The van der Waals surface area contributed by atoms with E-state index in [1.807, 2.05) is 36.4 Å². The smallest absolute Gasteiger partial charge is 0.248 e. The minimum absolute atomic E-state index is 0.174. The van der Waals surface area contributed by atoms with Crippen molar-refractivity contribution in [3.63, 3.8) is 0 Å². The first-order chi connectivity index (χ1) is 12.3. The molecule has 128 valence electrons. The van der Waals surface area contributed by atoms with Crippen molar-refractivity contribution in [3.05, 3.63) is 59.7 Å². The van der Waals surface area contributed by atoms with Gasteiger partial charge in [0.15, 0.2) is 11.5 Å². The highest BCUT2D eigenvalue weighted by Gasteiger charge is 2.16. The molecule has 0 radical (unpaired) electrons. The third-order valence-electron chi connectivity index (χ3n) is 4.21. The van der Waals surface area contributed by atoms with Gasteiger partial charge in [0.25, 0.3) is 0 Å². The van der Waals surface area contributed by atoms with Gasteiger partial charge in [-0.2, -0.15) is 0 Å². The Labute approximate surface area is 145 Å². The topological polar surface area (TPSA) is 71.6 Å². The minimum Gasteiger partial charge on any atom is -0.454 e. The summed E-state index contributed by atoms with van der Waals surface area (Å²) in [5, 5.41) is 2.90. The van der Waals surface area contributed by atoms with E-state index >= 15 is 0 Å². The number of amides is 1. The number of hydrogen-bond acceptors (Lipinski definition) is 5. The second kappa shape index (κ2) is 6.96. The van der Waals surface area contributed by atoms with Crippen molar-refractivity contribution < 1.29 is 14.3 Å². The molecule has 2 aromatic rings. The summed E-state index contributed by atoms with van der Waals surface area (Å²) in [5.41, 5.74) is 9.16. The zero-order chi connectivity index (χ0) is 17.1. The summed E-state index contributed by atoms with van der Waals surface area (Å²) < 4.78 is 10.6. The molecule has 0 aliphatic carbocycles. The van der Waals surface area contributed by atoms with Crippen LogP contribution in [0.15, 0.2) is 48.5 Å². The highest BCUT2D eigenvalue weighted by atomic mass is 16.7. The molecule has 1 atom stereocenters. The van der Waals surface area contributed by atoms with Crippen LogP contribution in [0.5, 0.6) is 11.5 Å². The zero-order valence-corrected chi connectivity index (χ0v) is 13.6. The first kappa shape index (κ1) is 15.7. The number of ether oxygens (including phenoxy) is 2. The molecule has 0 spiro atoms. The quantitative estimate of drug-likeness (QED) is 0.748. The van der Waals surface area contributed by atoms with Crippen molar-refractivity contribution in [2.24, 2.45) is 0 Å². The Morgan fingerprint density at radius 3 is 2.96 bits per heavy atom. The standard InChI is InChI=1S/C19H19N3O3/c23-19(7-5-13-4-6-17-18(10-13)25-12-24-17)21-15-3-1-2-14(11-15)16-8-9-20-22-16/h1-7,10-11,16,20,22H,8-9,12H2,(H,21,23)/b7-5+. The molecule has 1 amide bonds. The Morgan fingerprint density at radius 2 is 2.08 bits per heavy atom. The lowest BCUT2D eigenvalue weighted by molar-refractivity contribution is -0.111. The van der Waals surface area contributed by atoms with Crippen LogP contribution in [0.25, 0.3) is 6.08 Å². The molecule has 2 heterocycles. The molecule has 1 saturated heterocycles. The van der Waals surface area contributed by atoms with E-state index in [0.29, 0.717) is 5.75 Å². The fourth-order valence-corrected chi connectivity index (χ4v) is 2.94. The number of anilines is 1. The maximum atomic E-state index is 12.2. The van der Waals surface area contributed by atoms with Crippen molar-refractivity contribution in [2.45, 2.75) is 12.5 Å². The van der Waals surface area contributed by atoms with Crippen LogP contribution in [-0.4, -0.2) is 19.2 Å². The SMILES string of the molecule is O=C(/C=C/c1ccc2c(c1)OCO2)Nc1cccc(C2CCNN2)c1. The highest BCUT2D eigenvalue weighted by Crippen LogP contribution is 2.32. The van der Waals surface area contributed by atoms with Crippen molar-refractivity contribution in [2.75, 3.05) is 18.7 Å². The van der Waals surface area contributed by atoms with Crippen LogP contribution in [0.4, 0.5) is 5.69 Å². The number of rotatable bonds is 4. The normalized spacial score (nSPS) is 18.6. The van der Waals surface area contributed by atoms with Gasteiger partial charge in [-0.15, -0.1) is 0 Å². The minimum atomic E-state index is -0.174. The molecule has 25 heavy (non-hydrogen) atoms. The van der Waals surface area contributed by atoms with E-state index in [2.05, 4.69) is 22.2 Å². The van der Waals surface area contributed by atoms with Crippen LogP contribution in [-0.2, 0) is 4.79 Å². The van der Waals surface area contributed by atoms with E-state index in [4.69, 9.17) is 9.47 Å². The monoisotopic (exact) mass is 337 g/mol.